The molecule has 2 heterocycles. The van der Waals surface area contributed by atoms with Gasteiger partial charge in [-0.1, -0.05) is 6.07 Å². The lowest BCUT2D eigenvalue weighted by molar-refractivity contribution is -0.274. The Bertz CT molecular complexity index is 1790. The number of carboxylic acid groups (broad SMARTS) is 1. The number of aromatic nitrogens is 2. The number of carbonyl (C=O) groups excluding carboxylic acids is 1. The van der Waals surface area contributed by atoms with Gasteiger partial charge in [0, 0.05) is 35.6 Å². The average molecular weight is 592 g/mol. The summed E-state index contributed by atoms with van der Waals surface area (Å²) in [5, 5.41) is 13.4. The Morgan fingerprint density at radius 1 is 0.907 bits per heavy atom. The Morgan fingerprint density at radius 3 is 2.26 bits per heavy atom. The van der Waals surface area contributed by atoms with Crippen molar-refractivity contribution in [3.05, 3.63) is 103 Å². The number of nitrogens with zero attached hydrogens (tertiary/aromatic N) is 2. The van der Waals surface area contributed by atoms with E-state index in [1.165, 1.54) is 47.3 Å². The van der Waals surface area contributed by atoms with Crippen LogP contribution in [0, 0.1) is 0 Å². The highest BCUT2D eigenvalue weighted by Crippen LogP contribution is 2.38. The first-order chi connectivity index (χ1) is 20.5. The summed E-state index contributed by atoms with van der Waals surface area (Å²) in [7, 11) is 0. The van der Waals surface area contributed by atoms with Crippen molar-refractivity contribution in [2.75, 3.05) is 5.32 Å². The molecule has 43 heavy (non-hydrogen) atoms. The summed E-state index contributed by atoms with van der Waals surface area (Å²) < 4.78 is 55.1. The Hall–Kier alpha value is -5.52. The lowest BCUT2D eigenvalue weighted by Crippen LogP contribution is -2.17. The molecule has 12 heteroatoms. The van der Waals surface area contributed by atoms with Crippen molar-refractivity contribution in [3.8, 4) is 28.7 Å². The van der Waals surface area contributed by atoms with Crippen LogP contribution in [0.5, 0.6) is 23.0 Å². The lowest BCUT2D eigenvalue weighted by atomic mass is 10.2. The lowest BCUT2D eigenvalue weighted by Gasteiger charge is -2.13. The molecule has 0 unspecified atom stereocenters. The number of carbonyl (C=O) groups is 2. The summed E-state index contributed by atoms with van der Waals surface area (Å²) in [4.78, 5) is 29.7. The van der Waals surface area contributed by atoms with E-state index in [9.17, 15) is 27.9 Å². The zero-order valence-corrected chi connectivity index (χ0v) is 22.8. The molecule has 2 aromatic heterocycles. The number of fused-ring (bicyclic) bond motifs is 1. The van der Waals surface area contributed by atoms with Gasteiger partial charge in [0.05, 0.1) is 22.9 Å². The Labute approximate surface area is 243 Å². The summed E-state index contributed by atoms with van der Waals surface area (Å²) in [6.07, 6.45) is -2.10. The summed E-state index contributed by atoms with van der Waals surface area (Å²) in [6, 6.07) is 19.4. The van der Waals surface area contributed by atoms with Gasteiger partial charge in [0.15, 0.2) is 5.69 Å². The van der Waals surface area contributed by atoms with Gasteiger partial charge >= 0.3 is 12.3 Å². The molecule has 2 N–H and O–H groups in total. The fourth-order valence-corrected chi connectivity index (χ4v) is 4.43. The molecule has 0 saturated heterocycles. The predicted octanol–water partition coefficient (Wildman–Crippen LogP) is 7.45. The maximum Gasteiger partial charge on any atom is 0.573 e. The molecule has 1 amide bonds. The third-order valence-electron chi connectivity index (χ3n) is 6.05. The minimum atomic E-state index is -4.88. The van der Waals surface area contributed by atoms with E-state index in [0.717, 1.165) is 12.1 Å². The van der Waals surface area contributed by atoms with Gasteiger partial charge < -0.3 is 29.2 Å². The van der Waals surface area contributed by atoms with Crippen LogP contribution in [-0.2, 0) is 0 Å². The van der Waals surface area contributed by atoms with Gasteiger partial charge in [0.1, 0.15) is 23.0 Å². The van der Waals surface area contributed by atoms with Crippen molar-refractivity contribution >= 4 is 28.5 Å². The van der Waals surface area contributed by atoms with Gasteiger partial charge in [-0.05, 0) is 74.5 Å². The van der Waals surface area contributed by atoms with Crippen LogP contribution in [0.4, 0.5) is 18.9 Å². The van der Waals surface area contributed by atoms with Crippen molar-refractivity contribution in [2.45, 2.75) is 26.3 Å². The second-order valence-electron chi connectivity index (χ2n) is 9.52. The summed E-state index contributed by atoms with van der Waals surface area (Å²) in [5.74, 6) is -1.54. The number of alkyl halides is 3. The van der Waals surface area contributed by atoms with E-state index < -0.39 is 24.0 Å². The van der Waals surface area contributed by atoms with Crippen LogP contribution >= 0.6 is 0 Å². The fourth-order valence-electron chi connectivity index (χ4n) is 4.43. The molecule has 0 saturated carbocycles. The minimum Gasteiger partial charge on any atom is -0.491 e. The zero-order chi connectivity index (χ0) is 30.7. The van der Waals surface area contributed by atoms with Crippen molar-refractivity contribution in [2.24, 2.45) is 0 Å². The summed E-state index contributed by atoms with van der Waals surface area (Å²) in [5.41, 5.74) is 0.805. The fraction of sp³-hybridized carbons (Fsp3) is 0.129. The predicted molar refractivity (Wildman–Crippen MR) is 151 cm³/mol. The van der Waals surface area contributed by atoms with Crippen LogP contribution < -0.4 is 19.5 Å². The van der Waals surface area contributed by atoms with Crippen LogP contribution in [0.1, 0.15) is 34.7 Å². The second kappa shape index (κ2) is 11.8. The molecule has 0 bridgehead atoms. The number of anilines is 1. The third-order valence-corrected chi connectivity index (χ3v) is 6.05. The van der Waals surface area contributed by atoms with Crippen molar-refractivity contribution in [1.82, 2.24) is 9.55 Å². The number of halogens is 3. The number of pyridine rings is 1. The van der Waals surface area contributed by atoms with Crippen molar-refractivity contribution < 1.29 is 42.1 Å². The molecular formula is C31H24F3N3O6. The van der Waals surface area contributed by atoms with E-state index in [0.29, 0.717) is 22.3 Å². The van der Waals surface area contributed by atoms with Crippen molar-refractivity contribution in [1.29, 1.82) is 0 Å². The quantitative estimate of drug-likeness (QED) is 0.183. The third kappa shape index (κ3) is 6.70. The van der Waals surface area contributed by atoms with Crippen molar-refractivity contribution in [3.63, 3.8) is 0 Å². The second-order valence-corrected chi connectivity index (χ2v) is 9.52. The number of ether oxygens (including phenoxy) is 3. The van der Waals surface area contributed by atoms with Crippen LogP contribution in [-0.4, -0.2) is 39.0 Å². The SMILES string of the molecule is CC(C)Oc1ccc(-n2c(C(=O)O)c(NC(=O)c3cccnc3)c3ccc(Oc4cccc(OC(F)(F)F)c4)cc32)cc1. The van der Waals surface area contributed by atoms with Gasteiger partial charge in [-0.2, -0.15) is 0 Å². The minimum absolute atomic E-state index is 0.0333. The largest absolute Gasteiger partial charge is 0.573 e. The number of hydrogen-bond donors (Lipinski definition) is 2. The molecule has 0 aliphatic carbocycles. The van der Waals surface area contributed by atoms with E-state index in [2.05, 4.69) is 15.0 Å². The molecular weight excluding hydrogens is 567 g/mol. The molecule has 0 aliphatic rings. The number of rotatable bonds is 9. The number of benzene rings is 3. The van der Waals surface area contributed by atoms with E-state index in [1.54, 1.807) is 36.4 Å². The molecule has 5 rings (SSSR count). The van der Waals surface area contributed by atoms with Gasteiger partial charge in [-0.3, -0.25) is 9.78 Å². The first kappa shape index (κ1) is 29.0. The molecule has 0 aliphatic heterocycles. The topological polar surface area (TPSA) is 112 Å². The van der Waals surface area contributed by atoms with E-state index >= 15 is 0 Å². The van der Waals surface area contributed by atoms with Gasteiger partial charge in [-0.25, -0.2) is 4.79 Å². The number of aromatic carboxylic acids is 1. The maximum absolute atomic E-state index is 13.1. The summed E-state index contributed by atoms with van der Waals surface area (Å²) >= 11 is 0. The molecule has 0 fully saturated rings. The van der Waals surface area contributed by atoms with E-state index in [1.807, 2.05) is 13.8 Å². The first-order valence-electron chi connectivity index (χ1n) is 12.9. The molecule has 0 radical (unpaired) electrons. The number of nitrogens with one attached hydrogen (secondary N) is 1. The van der Waals surface area contributed by atoms with Crippen LogP contribution in [0.3, 0.4) is 0 Å². The molecule has 0 atom stereocenters. The number of hydrogen-bond acceptors (Lipinski definition) is 6. The number of carboxylic acids is 1. The first-order valence-corrected chi connectivity index (χ1v) is 12.9. The molecule has 0 spiro atoms. The monoisotopic (exact) mass is 591 g/mol. The standard InChI is InChI=1S/C31H24F3N3O6/c1-18(2)41-21-10-8-20(9-11-21)37-26-16-23(42-22-6-3-7-24(15-22)43-31(32,33)34)12-13-25(26)27(28(37)30(39)40)36-29(38)19-5-4-14-35-17-19/h3-18H,1-2H3,(H,36,38)(H,39,40). The highest BCUT2D eigenvalue weighted by molar-refractivity contribution is 6.15. The zero-order valence-electron chi connectivity index (χ0n) is 22.8. The highest BCUT2D eigenvalue weighted by Gasteiger charge is 2.31. The normalized spacial score (nSPS) is 11.4. The van der Waals surface area contributed by atoms with Gasteiger partial charge in [0.2, 0.25) is 0 Å². The smallest absolute Gasteiger partial charge is 0.491 e. The molecule has 5 aromatic rings. The van der Waals surface area contributed by atoms with Crippen LogP contribution in [0.25, 0.3) is 16.6 Å². The Kier molecular flexibility index (Phi) is 7.93. The number of amides is 1. The summed E-state index contributed by atoms with van der Waals surface area (Å²) in [6.45, 7) is 3.75. The maximum atomic E-state index is 13.1. The van der Waals surface area contributed by atoms with Gasteiger partial charge in [-0.15, -0.1) is 13.2 Å². The van der Waals surface area contributed by atoms with Crippen LogP contribution in [0.15, 0.2) is 91.3 Å². The van der Waals surface area contributed by atoms with Gasteiger partial charge in [0.25, 0.3) is 5.91 Å². The Morgan fingerprint density at radius 2 is 1.60 bits per heavy atom. The molecule has 220 valence electrons. The average Bonchev–Trinajstić information content (AvgIpc) is 3.26. The molecule has 3 aromatic carbocycles. The molecule has 9 nitrogen and oxygen atoms in total. The van der Waals surface area contributed by atoms with Crippen LogP contribution in [0.2, 0.25) is 0 Å². The highest BCUT2D eigenvalue weighted by atomic mass is 19.4. The van der Waals surface area contributed by atoms with E-state index in [-0.39, 0.29) is 34.5 Å². The van der Waals surface area contributed by atoms with E-state index in [4.69, 9.17) is 9.47 Å². The Balaban J connectivity index is 1.63.